The van der Waals surface area contributed by atoms with Crippen molar-refractivity contribution in [3.8, 4) is 0 Å². The molecule has 0 heterocycles. The van der Waals surface area contributed by atoms with E-state index in [0.717, 1.165) is 70.6 Å². The summed E-state index contributed by atoms with van der Waals surface area (Å²) in [6.07, 6.45) is 50.0. The molecular formula is C47H86O5. The lowest BCUT2D eigenvalue weighted by atomic mass is 10.1. The number of ether oxygens (including phenoxy) is 3. The van der Waals surface area contributed by atoms with Gasteiger partial charge in [0.15, 0.2) is 6.10 Å². The minimum atomic E-state index is -0.530. The minimum absolute atomic E-state index is 0.0846. The first kappa shape index (κ1) is 50.1. The zero-order valence-corrected chi connectivity index (χ0v) is 34.8. The molecule has 1 unspecified atom stereocenters. The normalized spacial score (nSPS) is 12.4. The smallest absolute Gasteiger partial charge is 0.306 e. The van der Waals surface area contributed by atoms with Crippen LogP contribution in [-0.2, 0) is 23.8 Å². The van der Waals surface area contributed by atoms with Gasteiger partial charge in [-0.2, -0.15) is 0 Å². The van der Waals surface area contributed by atoms with Crippen molar-refractivity contribution in [3.63, 3.8) is 0 Å². The van der Waals surface area contributed by atoms with Gasteiger partial charge in [0.2, 0.25) is 0 Å². The second-order valence-electron chi connectivity index (χ2n) is 14.9. The molecule has 0 aromatic rings. The Morgan fingerprint density at radius 2 is 0.865 bits per heavy atom. The third kappa shape index (κ3) is 40.9. The average molecular weight is 731 g/mol. The van der Waals surface area contributed by atoms with Crippen LogP contribution in [0.15, 0.2) is 36.5 Å². The summed E-state index contributed by atoms with van der Waals surface area (Å²) in [5.74, 6) is -0.402. The highest BCUT2D eigenvalue weighted by molar-refractivity contribution is 5.70. The van der Waals surface area contributed by atoms with E-state index in [4.69, 9.17) is 14.2 Å². The Balaban J connectivity index is 4.16. The summed E-state index contributed by atoms with van der Waals surface area (Å²) in [4.78, 5) is 25.2. The fourth-order valence-corrected chi connectivity index (χ4v) is 6.35. The Bertz CT molecular complexity index is 832. The van der Waals surface area contributed by atoms with Crippen LogP contribution in [0.5, 0.6) is 0 Å². The number of hydrogen-bond acceptors (Lipinski definition) is 5. The second kappa shape index (κ2) is 43.5. The van der Waals surface area contributed by atoms with Gasteiger partial charge >= 0.3 is 11.9 Å². The van der Waals surface area contributed by atoms with Crippen molar-refractivity contribution in [2.75, 3.05) is 19.8 Å². The van der Waals surface area contributed by atoms with Crippen molar-refractivity contribution in [2.24, 2.45) is 0 Å². The third-order valence-corrected chi connectivity index (χ3v) is 9.69. The van der Waals surface area contributed by atoms with E-state index in [-0.39, 0.29) is 25.2 Å². The fourth-order valence-electron chi connectivity index (χ4n) is 6.35. The molecule has 0 saturated carbocycles. The molecule has 0 amide bonds. The van der Waals surface area contributed by atoms with Gasteiger partial charge < -0.3 is 14.2 Å². The number of carbonyl (C=O) groups is 2. The standard InChI is InChI=1S/C47H86O5/c1-4-7-10-13-16-19-21-22-23-24-25-26-28-29-31-34-37-40-46(48)51-44-45(43-50-42-39-36-33-18-15-12-9-6-3)52-47(49)41-38-35-32-30-27-20-17-14-11-8-5-2/h7,10,16,19,22-23,45H,4-6,8-9,11-15,17-18,20-21,24-44H2,1-3H3/b10-7-,19-16-,23-22-. The van der Waals surface area contributed by atoms with Crippen LogP contribution in [0.4, 0.5) is 0 Å². The van der Waals surface area contributed by atoms with Crippen molar-refractivity contribution < 1.29 is 23.8 Å². The molecule has 5 nitrogen and oxygen atoms in total. The molecule has 0 aliphatic heterocycles. The first-order valence-corrected chi connectivity index (χ1v) is 22.5. The van der Waals surface area contributed by atoms with Gasteiger partial charge in [-0.25, -0.2) is 0 Å². The van der Waals surface area contributed by atoms with Gasteiger partial charge in [0, 0.05) is 19.4 Å². The molecule has 0 spiro atoms. The van der Waals surface area contributed by atoms with E-state index in [2.05, 4.69) is 57.2 Å². The summed E-state index contributed by atoms with van der Waals surface area (Å²) >= 11 is 0. The maximum absolute atomic E-state index is 12.7. The van der Waals surface area contributed by atoms with Gasteiger partial charge in [0.25, 0.3) is 0 Å². The van der Waals surface area contributed by atoms with Crippen molar-refractivity contribution in [1.29, 1.82) is 0 Å². The van der Waals surface area contributed by atoms with Crippen LogP contribution >= 0.6 is 0 Å². The summed E-state index contributed by atoms with van der Waals surface area (Å²) in [7, 11) is 0. The monoisotopic (exact) mass is 731 g/mol. The molecule has 5 heteroatoms. The first-order chi connectivity index (χ1) is 25.6. The van der Waals surface area contributed by atoms with Crippen LogP contribution in [0.25, 0.3) is 0 Å². The predicted molar refractivity (Wildman–Crippen MR) is 224 cm³/mol. The van der Waals surface area contributed by atoms with E-state index in [1.165, 1.54) is 122 Å². The Morgan fingerprint density at radius 3 is 1.38 bits per heavy atom. The van der Waals surface area contributed by atoms with Crippen molar-refractivity contribution in [2.45, 2.75) is 232 Å². The second-order valence-corrected chi connectivity index (χ2v) is 14.9. The Labute approximate surface area is 323 Å². The molecule has 0 rings (SSSR count). The highest BCUT2D eigenvalue weighted by Crippen LogP contribution is 2.14. The number of allylic oxidation sites excluding steroid dienone is 6. The molecule has 304 valence electrons. The van der Waals surface area contributed by atoms with E-state index in [1.54, 1.807) is 0 Å². The highest BCUT2D eigenvalue weighted by atomic mass is 16.6. The molecule has 0 fully saturated rings. The lowest BCUT2D eigenvalue weighted by Gasteiger charge is -2.18. The lowest BCUT2D eigenvalue weighted by molar-refractivity contribution is -0.163. The number of rotatable bonds is 41. The third-order valence-electron chi connectivity index (χ3n) is 9.69. The Morgan fingerprint density at radius 1 is 0.442 bits per heavy atom. The molecule has 52 heavy (non-hydrogen) atoms. The van der Waals surface area contributed by atoms with E-state index < -0.39 is 6.10 Å². The summed E-state index contributed by atoms with van der Waals surface area (Å²) in [5.41, 5.74) is 0. The Hall–Kier alpha value is -1.88. The van der Waals surface area contributed by atoms with Crippen LogP contribution in [0, 0.1) is 0 Å². The number of unbranched alkanes of at least 4 members (excludes halogenated alkanes) is 24. The quantitative estimate of drug-likeness (QED) is 0.0356. The van der Waals surface area contributed by atoms with Crippen LogP contribution in [0.3, 0.4) is 0 Å². The summed E-state index contributed by atoms with van der Waals surface area (Å²) in [6, 6.07) is 0. The molecule has 0 aliphatic carbocycles. The topological polar surface area (TPSA) is 61.8 Å². The van der Waals surface area contributed by atoms with Crippen LogP contribution in [0.2, 0.25) is 0 Å². The summed E-state index contributed by atoms with van der Waals surface area (Å²) in [5, 5.41) is 0. The molecule has 0 N–H and O–H groups in total. The van der Waals surface area contributed by atoms with Crippen LogP contribution in [0.1, 0.15) is 226 Å². The Kier molecular flexibility index (Phi) is 42.0. The zero-order chi connectivity index (χ0) is 37.8. The minimum Gasteiger partial charge on any atom is -0.462 e. The van der Waals surface area contributed by atoms with E-state index in [9.17, 15) is 9.59 Å². The molecular weight excluding hydrogens is 645 g/mol. The fraction of sp³-hybridized carbons (Fsp3) is 0.830. The maximum Gasteiger partial charge on any atom is 0.306 e. The number of hydrogen-bond donors (Lipinski definition) is 0. The van der Waals surface area contributed by atoms with Crippen LogP contribution < -0.4 is 0 Å². The SMILES string of the molecule is CC/C=C\C/C=C\C/C=C\CCCCCCCCCC(=O)OCC(COCCCCCCCCCC)OC(=O)CCCCCCCCCCCCC. The molecule has 0 bridgehead atoms. The van der Waals surface area contributed by atoms with Crippen molar-refractivity contribution in [3.05, 3.63) is 36.5 Å². The molecule has 0 saturated heterocycles. The van der Waals surface area contributed by atoms with Crippen molar-refractivity contribution >= 4 is 11.9 Å². The zero-order valence-electron chi connectivity index (χ0n) is 34.8. The molecule has 1 atom stereocenters. The first-order valence-electron chi connectivity index (χ1n) is 22.5. The number of esters is 2. The van der Waals surface area contributed by atoms with Gasteiger partial charge in [0.1, 0.15) is 6.61 Å². The van der Waals surface area contributed by atoms with Gasteiger partial charge in [-0.15, -0.1) is 0 Å². The molecule has 0 aromatic heterocycles. The molecule has 0 radical (unpaired) electrons. The largest absolute Gasteiger partial charge is 0.462 e. The van der Waals surface area contributed by atoms with Gasteiger partial charge in [-0.1, -0.05) is 198 Å². The average Bonchev–Trinajstić information content (AvgIpc) is 3.14. The number of carbonyl (C=O) groups excluding carboxylic acids is 2. The maximum atomic E-state index is 12.7. The van der Waals surface area contributed by atoms with Crippen molar-refractivity contribution in [1.82, 2.24) is 0 Å². The highest BCUT2D eigenvalue weighted by Gasteiger charge is 2.17. The van der Waals surface area contributed by atoms with E-state index in [1.807, 2.05) is 0 Å². The van der Waals surface area contributed by atoms with Crippen LogP contribution in [-0.4, -0.2) is 37.9 Å². The summed E-state index contributed by atoms with van der Waals surface area (Å²) < 4.78 is 17.2. The predicted octanol–water partition coefficient (Wildman–Crippen LogP) is 14.7. The van der Waals surface area contributed by atoms with Gasteiger partial charge in [0.05, 0.1) is 6.61 Å². The van der Waals surface area contributed by atoms with Gasteiger partial charge in [-0.3, -0.25) is 9.59 Å². The van der Waals surface area contributed by atoms with E-state index >= 15 is 0 Å². The molecule has 0 aromatic carbocycles. The molecule has 0 aliphatic rings. The lowest BCUT2D eigenvalue weighted by Crippen LogP contribution is -2.30. The van der Waals surface area contributed by atoms with E-state index in [0.29, 0.717) is 19.4 Å². The summed E-state index contributed by atoms with van der Waals surface area (Å²) in [6.45, 7) is 7.70. The van der Waals surface area contributed by atoms with Gasteiger partial charge in [-0.05, 0) is 51.4 Å².